The summed E-state index contributed by atoms with van der Waals surface area (Å²) in [5.74, 6) is -0.185. The van der Waals surface area contributed by atoms with Crippen molar-refractivity contribution in [3.63, 3.8) is 0 Å². The third-order valence-electron chi connectivity index (χ3n) is 5.76. The highest BCUT2D eigenvalue weighted by molar-refractivity contribution is 7.89. The SMILES string of the molecule is CCc1ccc(S(=O)(=O)N2CC[C@]3(C[C@H]3C(=O)Nc3cccnc3)C2)cc1. The lowest BCUT2D eigenvalue weighted by molar-refractivity contribution is -0.118. The van der Waals surface area contributed by atoms with Crippen molar-refractivity contribution in [3.8, 4) is 0 Å². The number of hydrogen-bond acceptors (Lipinski definition) is 4. The Labute approximate surface area is 159 Å². The van der Waals surface area contributed by atoms with E-state index in [1.807, 2.05) is 19.1 Å². The van der Waals surface area contributed by atoms with E-state index in [2.05, 4.69) is 10.3 Å². The van der Waals surface area contributed by atoms with Gasteiger partial charge in [0, 0.05) is 25.2 Å². The maximum absolute atomic E-state index is 12.9. The Morgan fingerprint density at radius 2 is 2.07 bits per heavy atom. The Morgan fingerprint density at radius 3 is 2.74 bits per heavy atom. The fraction of sp³-hybridized carbons (Fsp3) is 0.400. The van der Waals surface area contributed by atoms with Gasteiger partial charge in [-0.1, -0.05) is 19.1 Å². The van der Waals surface area contributed by atoms with Gasteiger partial charge in [-0.2, -0.15) is 4.31 Å². The van der Waals surface area contributed by atoms with Crippen LogP contribution in [0.2, 0.25) is 0 Å². The van der Waals surface area contributed by atoms with Crippen molar-refractivity contribution in [2.75, 3.05) is 18.4 Å². The molecule has 1 aliphatic heterocycles. The van der Waals surface area contributed by atoms with Crippen LogP contribution in [0.3, 0.4) is 0 Å². The normalized spacial score (nSPS) is 24.9. The van der Waals surface area contributed by atoms with Crippen LogP contribution >= 0.6 is 0 Å². The first-order valence-electron chi connectivity index (χ1n) is 9.25. The number of aromatic nitrogens is 1. The Kier molecular flexibility index (Phi) is 4.52. The van der Waals surface area contributed by atoms with Crippen molar-refractivity contribution in [3.05, 3.63) is 54.4 Å². The minimum Gasteiger partial charge on any atom is -0.324 e. The number of sulfonamides is 1. The summed E-state index contributed by atoms with van der Waals surface area (Å²) in [6.45, 7) is 2.92. The number of carbonyl (C=O) groups excluding carboxylic acids is 1. The van der Waals surface area contributed by atoms with Crippen molar-refractivity contribution >= 4 is 21.6 Å². The number of anilines is 1. The molecule has 4 rings (SSSR count). The van der Waals surface area contributed by atoms with Crippen LogP contribution in [-0.2, 0) is 21.2 Å². The summed E-state index contributed by atoms with van der Waals surface area (Å²) in [4.78, 5) is 16.8. The lowest BCUT2D eigenvalue weighted by atomic mass is 10.0. The summed E-state index contributed by atoms with van der Waals surface area (Å²) in [6.07, 6.45) is 5.60. The third kappa shape index (κ3) is 3.37. The van der Waals surface area contributed by atoms with Gasteiger partial charge in [0.05, 0.1) is 16.8 Å². The Bertz CT molecular complexity index is 944. The molecule has 0 unspecified atom stereocenters. The van der Waals surface area contributed by atoms with Crippen LogP contribution in [0.5, 0.6) is 0 Å². The fourth-order valence-electron chi connectivity index (χ4n) is 3.94. The highest BCUT2D eigenvalue weighted by Gasteiger charge is 2.62. The van der Waals surface area contributed by atoms with Gasteiger partial charge in [0.15, 0.2) is 0 Å². The van der Waals surface area contributed by atoms with E-state index >= 15 is 0 Å². The van der Waals surface area contributed by atoms with E-state index in [1.54, 1.807) is 36.7 Å². The van der Waals surface area contributed by atoms with Crippen molar-refractivity contribution < 1.29 is 13.2 Å². The monoisotopic (exact) mass is 385 g/mol. The first kappa shape index (κ1) is 18.1. The molecule has 2 aromatic rings. The van der Waals surface area contributed by atoms with Gasteiger partial charge >= 0.3 is 0 Å². The Hall–Kier alpha value is -2.25. The standard InChI is InChI=1S/C20H23N3O3S/c1-2-15-5-7-17(8-6-15)27(25,26)23-11-9-20(14-23)12-18(20)19(24)22-16-4-3-10-21-13-16/h3-8,10,13,18H,2,9,11-12,14H2,1H3,(H,22,24)/t18-,20-/m0/s1. The number of amides is 1. The summed E-state index contributed by atoms with van der Waals surface area (Å²) < 4.78 is 27.4. The first-order valence-corrected chi connectivity index (χ1v) is 10.7. The molecule has 7 heteroatoms. The molecule has 27 heavy (non-hydrogen) atoms. The average Bonchev–Trinajstić information content (AvgIpc) is 3.21. The number of benzene rings is 1. The second-order valence-corrected chi connectivity index (χ2v) is 9.37. The number of nitrogens with one attached hydrogen (secondary N) is 1. The van der Waals surface area contributed by atoms with Gasteiger partial charge < -0.3 is 5.32 Å². The van der Waals surface area contributed by atoms with Crippen molar-refractivity contribution in [1.82, 2.24) is 9.29 Å². The van der Waals surface area contributed by atoms with Gasteiger partial charge in [-0.25, -0.2) is 8.42 Å². The molecule has 1 saturated carbocycles. The number of carbonyl (C=O) groups is 1. The van der Waals surface area contributed by atoms with E-state index in [0.717, 1.165) is 24.8 Å². The molecule has 1 spiro atoms. The number of nitrogens with zero attached hydrogens (tertiary/aromatic N) is 2. The fourth-order valence-corrected chi connectivity index (χ4v) is 5.48. The predicted octanol–water partition coefficient (Wildman–Crippen LogP) is 2.68. The molecule has 0 radical (unpaired) electrons. The lowest BCUT2D eigenvalue weighted by Crippen LogP contribution is -2.30. The van der Waals surface area contributed by atoms with Gasteiger partial charge in [0.2, 0.25) is 15.9 Å². The smallest absolute Gasteiger partial charge is 0.243 e. The van der Waals surface area contributed by atoms with Crippen LogP contribution in [0, 0.1) is 11.3 Å². The van der Waals surface area contributed by atoms with Crippen LogP contribution in [-0.4, -0.2) is 36.7 Å². The minimum absolute atomic E-state index is 0.0467. The topological polar surface area (TPSA) is 79.4 Å². The molecular formula is C20H23N3O3S. The second kappa shape index (κ2) is 6.73. The second-order valence-electron chi connectivity index (χ2n) is 7.44. The first-order chi connectivity index (χ1) is 12.9. The zero-order valence-electron chi connectivity index (χ0n) is 15.3. The summed E-state index contributed by atoms with van der Waals surface area (Å²) in [5, 5.41) is 2.88. The van der Waals surface area contributed by atoms with E-state index < -0.39 is 10.0 Å². The van der Waals surface area contributed by atoms with Crippen LogP contribution < -0.4 is 5.32 Å². The molecule has 2 heterocycles. The van der Waals surface area contributed by atoms with Crippen LogP contribution in [0.25, 0.3) is 0 Å². The molecule has 6 nitrogen and oxygen atoms in total. The molecule has 0 bridgehead atoms. The van der Waals surface area contributed by atoms with Crippen LogP contribution in [0.1, 0.15) is 25.3 Å². The number of hydrogen-bond donors (Lipinski definition) is 1. The third-order valence-corrected chi connectivity index (χ3v) is 7.61. The highest BCUT2D eigenvalue weighted by atomic mass is 32.2. The average molecular weight is 385 g/mol. The molecule has 1 N–H and O–H groups in total. The Balaban J connectivity index is 1.43. The number of aryl methyl sites for hydroxylation is 1. The van der Waals surface area contributed by atoms with Gasteiger partial charge in [-0.15, -0.1) is 0 Å². The molecule has 142 valence electrons. The van der Waals surface area contributed by atoms with Crippen molar-refractivity contribution in [2.24, 2.45) is 11.3 Å². The molecule has 1 aromatic carbocycles. The predicted molar refractivity (Wildman–Crippen MR) is 103 cm³/mol. The number of pyridine rings is 1. The van der Waals surface area contributed by atoms with Crippen molar-refractivity contribution in [1.29, 1.82) is 0 Å². The zero-order valence-corrected chi connectivity index (χ0v) is 16.1. The molecule has 1 amide bonds. The summed E-state index contributed by atoms with van der Waals surface area (Å²) in [7, 11) is -3.51. The number of rotatable bonds is 5. The van der Waals surface area contributed by atoms with Gasteiger partial charge in [-0.3, -0.25) is 9.78 Å². The summed E-state index contributed by atoms with van der Waals surface area (Å²) in [5.41, 5.74) is 1.56. The van der Waals surface area contributed by atoms with E-state index in [4.69, 9.17) is 0 Å². The summed E-state index contributed by atoms with van der Waals surface area (Å²) in [6, 6.07) is 10.6. The summed E-state index contributed by atoms with van der Waals surface area (Å²) >= 11 is 0. The zero-order chi connectivity index (χ0) is 19.1. The maximum atomic E-state index is 12.9. The largest absolute Gasteiger partial charge is 0.324 e. The van der Waals surface area contributed by atoms with Gasteiger partial charge in [-0.05, 0) is 54.5 Å². The van der Waals surface area contributed by atoms with E-state index in [9.17, 15) is 13.2 Å². The van der Waals surface area contributed by atoms with Gasteiger partial charge in [0.25, 0.3) is 0 Å². The van der Waals surface area contributed by atoms with E-state index in [1.165, 1.54) is 4.31 Å². The Morgan fingerprint density at radius 1 is 1.30 bits per heavy atom. The highest BCUT2D eigenvalue weighted by Crippen LogP contribution is 2.59. The minimum atomic E-state index is -3.51. The molecule has 2 aliphatic rings. The lowest BCUT2D eigenvalue weighted by Gasteiger charge is -2.17. The molecule has 2 atom stereocenters. The molecular weight excluding hydrogens is 362 g/mol. The molecule has 1 saturated heterocycles. The van der Waals surface area contributed by atoms with Crippen LogP contribution in [0.15, 0.2) is 53.7 Å². The maximum Gasteiger partial charge on any atom is 0.243 e. The molecule has 1 aliphatic carbocycles. The van der Waals surface area contributed by atoms with Crippen molar-refractivity contribution in [2.45, 2.75) is 31.1 Å². The van der Waals surface area contributed by atoms with Gasteiger partial charge in [0.1, 0.15) is 0 Å². The molecule has 2 fully saturated rings. The quantitative estimate of drug-likeness (QED) is 0.858. The molecule has 1 aromatic heterocycles. The van der Waals surface area contributed by atoms with E-state index in [-0.39, 0.29) is 17.2 Å². The van der Waals surface area contributed by atoms with Crippen LogP contribution in [0.4, 0.5) is 5.69 Å². The van der Waals surface area contributed by atoms with E-state index in [0.29, 0.717) is 23.7 Å².